The van der Waals surface area contributed by atoms with E-state index in [2.05, 4.69) is 0 Å². The lowest BCUT2D eigenvalue weighted by Crippen LogP contribution is -2.75. The number of hydrogen-bond donors (Lipinski definition) is 1. The van der Waals surface area contributed by atoms with Gasteiger partial charge in [-0.25, -0.2) is 0 Å². The van der Waals surface area contributed by atoms with Crippen LogP contribution in [0.1, 0.15) is 32.8 Å². The van der Waals surface area contributed by atoms with Gasteiger partial charge in [-0.1, -0.05) is 32.0 Å². The Labute approximate surface area is 138 Å². The van der Waals surface area contributed by atoms with Crippen LogP contribution in [0.2, 0.25) is 0 Å². The molecule has 5 heteroatoms. The van der Waals surface area contributed by atoms with Crippen molar-refractivity contribution in [2.45, 2.75) is 45.4 Å². The van der Waals surface area contributed by atoms with Crippen molar-refractivity contribution in [3.05, 3.63) is 29.8 Å². The summed E-state index contributed by atoms with van der Waals surface area (Å²) in [6, 6.07) is 7.70. The van der Waals surface area contributed by atoms with Gasteiger partial charge in [0.1, 0.15) is 11.3 Å². The van der Waals surface area contributed by atoms with Crippen molar-refractivity contribution < 1.29 is 14.3 Å². The number of rotatable bonds is 6. The van der Waals surface area contributed by atoms with Crippen molar-refractivity contribution in [2.75, 3.05) is 20.8 Å². The van der Waals surface area contributed by atoms with E-state index in [1.807, 2.05) is 45.0 Å². The van der Waals surface area contributed by atoms with Gasteiger partial charge < -0.3 is 20.1 Å². The summed E-state index contributed by atoms with van der Waals surface area (Å²) >= 11 is 0. The number of methoxy groups -OCH3 is 1. The van der Waals surface area contributed by atoms with E-state index in [0.29, 0.717) is 19.6 Å². The molecule has 5 nitrogen and oxygen atoms in total. The van der Waals surface area contributed by atoms with Gasteiger partial charge in [0.25, 0.3) is 0 Å². The molecule has 1 saturated carbocycles. The Balaban J connectivity index is 2.11. The highest BCUT2D eigenvalue weighted by atomic mass is 16.5. The first-order valence-corrected chi connectivity index (χ1v) is 8.06. The summed E-state index contributed by atoms with van der Waals surface area (Å²) in [5.41, 5.74) is 6.17. The van der Waals surface area contributed by atoms with Crippen molar-refractivity contribution in [3.63, 3.8) is 0 Å². The molecule has 0 heterocycles. The molecule has 1 aliphatic carbocycles. The number of carbonyl (C=O) groups is 1. The fourth-order valence-corrected chi connectivity index (χ4v) is 3.30. The van der Waals surface area contributed by atoms with Gasteiger partial charge in [-0.15, -0.1) is 0 Å². The van der Waals surface area contributed by atoms with Crippen LogP contribution in [-0.4, -0.2) is 43.2 Å². The van der Waals surface area contributed by atoms with E-state index in [4.69, 9.17) is 15.2 Å². The third-order valence-electron chi connectivity index (χ3n) is 5.16. The number of carbonyl (C=O) groups excluding carboxylic acids is 1. The van der Waals surface area contributed by atoms with Crippen LogP contribution in [0.5, 0.6) is 5.75 Å². The number of nitrogens with zero attached hydrogens (tertiary/aromatic N) is 1. The lowest BCUT2D eigenvalue weighted by Gasteiger charge is -2.58. The molecule has 0 aromatic heterocycles. The van der Waals surface area contributed by atoms with Crippen LogP contribution in [0.25, 0.3) is 0 Å². The van der Waals surface area contributed by atoms with E-state index >= 15 is 0 Å². The first-order chi connectivity index (χ1) is 10.8. The van der Waals surface area contributed by atoms with Gasteiger partial charge in [-0.2, -0.15) is 0 Å². The van der Waals surface area contributed by atoms with Crippen molar-refractivity contribution >= 4 is 5.91 Å². The summed E-state index contributed by atoms with van der Waals surface area (Å²) < 4.78 is 11.1. The average molecular weight is 320 g/mol. The van der Waals surface area contributed by atoms with Crippen LogP contribution in [0, 0.1) is 5.41 Å². The normalized spacial score (nSPS) is 25.6. The lowest BCUT2D eigenvalue weighted by molar-refractivity contribution is -0.178. The van der Waals surface area contributed by atoms with Crippen LogP contribution in [-0.2, 0) is 16.1 Å². The monoisotopic (exact) mass is 320 g/mol. The predicted octanol–water partition coefficient (Wildman–Crippen LogP) is 2.19. The second-order valence-corrected chi connectivity index (χ2v) is 6.81. The molecule has 128 valence electrons. The maximum Gasteiger partial charge on any atom is 0.243 e. The third kappa shape index (κ3) is 2.95. The Morgan fingerprint density at radius 2 is 2.04 bits per heavy atom. The van der Waals surface area contributed by atoms with E-state index < -0.39 is 5.54 Å². The molecule has 2 unspecified atom stereocenters. The van der Waals surface area contributed by atoms with Gasteiger partial charge in [0, 0.05) is 37.6 Å². The predicted molar refractivity (Wildman–Crippen MR) is 90.2 cm³/mol. The number of hydrogen-bond acceptors (Lipinski definition) is 4. The lowest BCUT2D eigenvalue weighted by atomic mass is 9.54. The Kier molecular flexibility index (Phi) is 5.01. The molecule has 1 fully saturated rings. The zero-order valence-electron chi connectivity index (χ0n) is 14.8. The molecule has 1 aromatic rings. The summed E-state index contributed by atoms with van der Waals surface area (Å²) in [6.07, 6.45) is 0.587. The Morgan fingerprint density at radius 3 is 2.61 bits per heavy atom. The average Bonchev–Trinajstić information content (AvgIpc) is 2.54. The number of likely N-dealkylation sites (N-methyl/N-ethyl adjacent to an activating group) is 1. The minimum absolute atomic E-state index is 0.0288. The Bertz CT molecular complexity index is 573. The highest BCUT2D eigenvalue weighted by molar-refractivity contribution is 5.88. The van der Waals surface area contributed by atoms with Crippen molar-refractivity contribution in [3.8, 4) is 5.75 Å². The van der Waals surface area contributed by atoms with Crippen LogP contribution in [0.15, 0.2) is 24.3 Å². The van der Waals surface area contributed by atoms with E-state index in [9.17, 15) is 4.79 Å². The quantitative estimate of drug-likeness (QED) is 0.872. The van der Waals surface area contributed by atoms with Crippen molar-refractivity contribution in [1.82, 2.24) is 4.90 Å². The molecule has 0 saturated heterocycles. The van der Waals surface area contributed by atoms with E-state index in [0.717, 1.165) is 11.3 Å². The SMILES string of the molecule is CCOC1CC(N)(C(=O)N(C)Cc2ccccc2OC)C1(C)C. The maximum atomic E-state index is 12.9. The largest absolute Gasteiger partial charge is 0.496 e. The van der Waals surface area contributed by atoms with Crippen LogP contribution in [0.3, 0.4) is 0 Å². The van der Waals surface area contributed by atoms with Crippen LogP contribution < -0.4 is 10.5 Å². The molecule has 0 spiro atoms. The molecular formula is C18H28N2O3. The molecule has 0 bridgehead atoms. The smallest absolute Gasteiger partial charge is 0.243 e. The number of benzene rings is 1. The third-order valence-corrected chi connectivity index (χ3v) is 5.16. The van der Waals surface area contributed by atoms with E-state index in [-0.39, 0.29) is 17.4 Å². The summed E-state index contributed by atoms with van der Waals surface area (Å²) in [5.74, 6) is 0.725. The maximum absolute atomic E-state index is 12.9. The number of ether oxygens (including phenoxy) is 2. The van der Waals surface area contributed by atoms with Gasteiger partial charge in [0.05, 0.1) is 13.2 Å². The summed E-state index contributed by atoms with van der Waals surface area (Å²) in [7, 11) is 3.42. The molecular weight excluding hydrogens is 292 g/mol. The molecule has 1 amide bonds. The molecule has 2 atom stereocenters. The molecule has 1 aromatic carbocycles. The zero-order valence-corrected chi connectivity index (χ0v) is 14.8. The molecule has 2 rings (SSSR count). The topological polar surface area (TPSA) is 64.8 Å². The first kappa shape index (κ1) is 17.8. The molecule has 2 N–H and O–H groups in total. The summed E-state index contributed by atoms with van der Waals surface area (Å²) in [4.78, 5) is 14.6. The summed E-state index contributed by atoms with van der Waals surface area (Å²) in [5, 5.41) is 0. The van der Waals surface area contributed by atoms with E-state index in [1.54, 1.807) is 19.1 Å². The fourth-order valence-electron chi connectivity index (χ4n) is 3.30. The minimum atomic E-state index is -0.885. The Morgan fingerprint density at radius 1 is 1.39 bits per heavy atom. The van der Waals surface area contributed by atoms with E-state index in [1.165, 1.54) is 0 Å². The second-order valence-electron chi connectivity index (χ2n) is 6.81. The molecule has 0 aliphatic heterocycles. The highest BCUT2D eigenvalue weighted by Gasteiger charge is 2.63. The minimum Gasteiger partial charge on any atom is -0.496 e. The van der Waals surface area contributed by atoms with Gasteiger partial charge in [-0.3, -0.25) is 4.79 Å². The van der Waals surface area contributed by atoms with Gasteiger partial charge >= 0.3 is 0 Å². The fraction of sp³-hybridized carbons (Fsp3) is 0.611. The number of nitrogens with two attached hydrogens (primary N) is 1. The molecule has 0 radical (unpaired) electrons. The standard InChI is InChI=1S/C18H28N2O3/c1-6-23-15-11-18(19,17(15,2)3)16(21)20(4)12-13-9-7-8-10-14(13)22-5/h7-10,15H,6,11-12,19H2,1-5H3. The summed E-state index contributed by atoms with van der Waals surface area (Å²) in [6.45, 7) is 7.08. The number of amides is 1. The number of para-hydroxylation sites is 1. The van der Waals surface area contributed by atoms with Crippen LogP contribution in [0.4, 0.5) is 0 Å². The van der Waals surface area contributed by atoms with Gasteiger partial charge in [0.15, 0.2) is 0 Å². The van der Waals surface area contributed by atoms with Crippen molar-refractivity contribution in [1.29, 1.82) is 0 Å². The van der Waals surface area contributed by atoms with Gasteiger partial charge in [-0.05, 0) is 13.0 Å². The highest BCUT2D eigenvalue weighted by Crippen LogP contribution is 2.50. The zero-order chi connectivity index (χ0) is 17.3. The van der Waals surface area contributed by atoms with Crippen molar-refractivity contribution in [2.24, 2.45) is 11.1 Å². The first-order valence-electron chi connectivity index (χ1n) is 8.06. The Hall–Kier alpha value is -1.59. The second kappa shape index (κ2) is 6.49. The molecule has 23 heavy (non-hydrogen) atoms. The van der Waals surface area contributed by atoms with Gasteiger partial charge in [0.2, 0.25) is 5.91 Å². The van der Waals surface area contributed by atoms with Crippen LogP contribution >= 0.6 is 0 Å². The molecule has 1 aliphatic rings.